The van der Waals surface area contributed by atoms with E-state index in [0.29, 0.717) is 31.3 Å². The van der Waals surface area contributed by atoms with Gasteiger partial charge in [-0.05, 0) is 43.0 Å². The van der Waals surface area contributed by atoms with E-state index >= 15 is 0 Å². The van der Waals surface area contributed by atoms with Gasteiger partial charge in [-0.2, -0.15) is 4.31 Å². The summed E-state index contributed by atoms with van der Waals surface area (Å²) in [5, 5.41) is 2.83. The largest absolute Gasteiger partial charge is 0.484 e. The SMILES string of the molecule is CC1CCN(S(=O)(=O)c2ccc(OCC(=O)NCCN3CCOCC3)cc2)CC1. The number of nitrogens with zero attached hydrogens (tertiary/aromatic N) is 2. The molecule has 1 N–H and O–H groups in total. The first-order chi connectivity index (χ1) is 13.9. The summed E-state index contributed by atoms with van der Waals surface area (Å²) in [6, 6.07) is 6.28. The predicted octanol–water partition coefficient (Wildman–Crippen LogP) is 0.934. The molecular weight excluding hydrogens is 394 g/mol. The fourth-order valence-electron chi connectivity index (χ4n) is 3.46. The number of rotatable bonds is 8. The molecule has 9 heteroatoms. The Morgan fingerprint density at radius 3 is 2.45 bits per heavy atom. The molecular formula is C20H31N3O5S. The summed E-state index contributed by atoms with van der Waals surface area (Å²) < 4.78 is 37.8. The van der Waals surface area contributed by atoms with Crippen molar-refractivity contribution in [2.75, 3.05) is 59.1 Å². The minimum absolute atomic E-state index is 0.0980. The van der Waals surface area contributed by atoms with Crippen LogP contribution in [0.15, 0.2) is 29.2 Å². The Hall–Kier alpha value is -1.68. The van der Waals surface area contributed by atoms with E-state index in [1.807, 2.05) is 0 Å². The first-order valence-electron chi connectivity index (χ1n) is 10.2. The van der Waals surface area contributed by atoms with Gasteiger partial charge >= 0.3 is 0 Å². The highest BCUT2D eigenvalue weighted by Crippen LogP contribution is 2.24. The molecule has 8 nitrogen and oxygen atoms in total. The molecule has 0 saturated carbocycles. The molecule has 2 aliphatic rings. The molecule has 3 rings (SSSR count). The number of nitrogens with one attached hydrogen (secondary N) is 1. The summed E-state index contributed by atoms with van der Waals surface area (Å²) in [4.78, 5) is 14.4. The van der Waals surface area contributed by atoms with Crippen molar-refractivity contribution in [1.29, 1.82) is 0 Å². The fraction of sp³-hybridized carbons (Fsp3) is 0.650. The lowest BCUT2D eigenvalue weighted by Crippen LogP contribution is -2.42. The van der Waals surface area contributed by atoms with Crippen molar-refractivity contribution in [2.45, 2.75) is 24.7 Å². The number of amides is 1. The number of piperidine rings is 1. The average Bonchev–Trinajstić information content (AvgIpc) is 2.74. The lowest BCUT2D eigenvalue weighted by molar-refractivity contribution is -0.123. The maximum Gasteiger partial charge on any atom is 0.257 e. The molecule has 1 aromatic carbocycles. The van der Waals surface area contributed by atoms with Gasteiger partial charge in [-0.3, -0.25) is 9.69 Å². The minimum Gasteiger partial charge on any atom is -0.484 e. The van der Waals surface area contributed by atoms with Crippen molar-refractivity contribution >= 4 is 15.9 Å². The molecule has 0 aliphatic carbocycles. The molecule has 0 unspecified atom stereocenters. The molecule has 0 atom stereocenters. The molecule has 2 aliphatic heterocycles. The van der Waals surface area contributed by atoms with E-state index in [4.69, 9.17) is 9.47 Å². The Bertz CT molecular complexity index is 755. The van der Waals surface area contributed by atoms with Gasteiger partial charge in [0.15, 0.2) is 6.61 Å². The van der Waals surface area contributed by atoms with Crippen LogP contribution in [-0.2, 0) is 19.6 Å². The zero-order chi connectivity index (χ0) is 20.7. The number of carbonyl (C=O) groups excluding carboxylic acids is 1. The van der Waals surface area contributed by atoms with Crippen LogP contribution in [0.2, 0.25) is 0 Å². The second-order valence-corrected chi connectivity index (χ2v) is 9.59. The smallest absolute Gasteiger partial charge is 0.257 e. The lowest BCUT2D eigenvalue weighted by Gasteiger charge is -2.29. The van der Waals surface area contributed by atoms with Gasteiger partial charge in [-0.1, -0.05) is 6.92 Å². The quantitative estimate of drug-likeness (QED) is 0.667. The summed E-state index contributed by atoms with van der Waals surface area (Å²) in [6.07, 6.45) is 1.78. The first kappa shape index (κ1) is 22.0. The predicted molar refractivity (Wildman–Crippen MR) is 109 cm³/mol. The van der Waals surface area contributed by atoms with E-state index in [-0.39, 0.29) is 17.4 Å². The van der Waals surface area contributed by atoms with Crippen LogP contribution in [0.3, 0.4) is 0 Å². The Morgan fingerprint density at radius 1 is 1.14 bits per heavy atom. The van der Waals surface area contributed by atoms with Crippen LogP contribution in [0, 0.1) is 5.92 Å². The van der Waals surface area contributed by atoms with Crippen LogP contribution in [0.4, 0.5) is 0 Å². The van der Waals surface area contributed by atoms with Crippen LogP contribution < -0.4 is 10.1 Å². The maximum absolute atomic E-state index is 12.7. The van der Waals surface area contributed by atoms with Gasteiger partial charge in [0.1, 0.15) is 5.75 Å². The van der Waals surface area contributed by atoms with E-state index in [1.165, 1.54) is 0 Å². The Balaban J connectivity index is 1.42. The van der Waals surface area contributed by atoms with E-state index < -0.39 is 10.0 Å². The monoisotopic (exact) mass is 425 g/mol. The third kappa shape index (κ3) is 6.40. The van der Waals surface area contributed by atoms with Crippen LogP contribution in [0.1, 0.15) is 19.8 Å². The molecule has 162 valence electrons. The third-order valence-electron chi connectivity index (χ3n) is 5.43. The molecule has 0 aromatic heterocycles. The first-order valence-corrected chi connectivity index (χ1v) is 11.7. The van der Waals surface area contributed by atoms with Gasteiger partial charge in [0.25, 0.3) is 5.91 Å². The van der Waals surface area contributed by atoms with Gasteiger partial charge in [0, 0.05) is 39.3 Å². The number of morpholine rings is 1. The zero-order valence-electron chi connectivity index (χ0n) is 17.0. The summed E-state index contributed by atoms with van der Waals surface area (Å²) in [5.41, 5.74) is 0. The summed E-state index contributed by atoms with van der Waals surface area (Å²) in [5.74, 6) is 0.842. The van der Waals surface area contributed by atoms with Crippen molar-refractivity contribution in [3.8, 4) is 5.75 Å². The molecule has 2 saturated heterocycles. The van der Waals surface area contributed by atoms with Gasteiger partial charge in [-0.25, -0.2) is 8.42 Å². The number of benzene rings is 1. The summed E-state index contributed by atoms with van der Waals surface area (Å²) >= 11 is 0. The lowest BCUT2D eigenvalue weighted by atomic mass is 10.0. The standard InChI is InChI=1S/C20H31N3O5S/c1-17-6-9-23(10-7-17)29(25,26)19-4-2-18(3-5-19)28-16-20(24)21-8-11-22-12-14-27-15-13-22/h2-5,17H,6-16H2,1H3,(H,21,24). The second-order valence-electron chi connectivity index (χ2n) is 7.65. The average molecular weight is 426 g/mol. The van der Waals surface area contributed by atoms with Crippen LogP contribution >= 0.6 is 0 Å². The Labute approximate surface area is 173 Å². The molecule has 29 heavy (non-hydrogen) atoms. The molecule has 1 aromatic rings. The molecule has 0 bridgehead atoms. The van der Waals surface area contributed by atoms with Gasteiger partial charge < -0.3 is 14.8 Å². The number of hydrogen-bond acceptors (Lipinski definition) is 6. The number of carbonyl (C=O) groups is 1. The van der Waals surface area contributed by atoms with Crippen molar-refractivity contribution in [2.24, 2.45) is 5.92 Å². The highest BCUT2D eigenvalue weighted by atomic mass is 32.2. The van der Waals surface area contributed by atoms with Crippen molar-refractivity contribution in [1.82, 2.24) is 14.5 Å². The van der Waals surface area contributed by atoms with Crippen LogP contribution in [-0.4, -0.2) is 82.6 Å². The van der Waals surface area contributed by atoms with Crippen molar-refractivity contribution in [3.05, 3.63) is 24.3 Å². The highest BCUT2D eigenvalue weighted by molar-refractivity contribution is 7.89. The maximum atomic E-state index is 12.7. The van der Waals surface area contributed by atoms with E-state index in [1.54, 1.807) is 28.6 Å². The van der Waals surface area contributed by atoms with Gasteiger partial charge in [0.2, 0.25) is 10.0 Å². The number of hydrogen-bond donors (Lipinski definition) is 1. The third-order valence-corrected chi connectivity index (χ3v) is 7.34. The summed E-state index contributed by atoms with van der Waals surface area (Å²) in [6.45, 7) is 7.77. The van der Waals surface area contributed by atoms with Crippen molar-refractivity contribution in [3.63, 3.8) is 0 Å². The van der Waals surface area contributed by atoms with E-state index in [2.05, 4.69) is 17.1 Å². The van der Waals surface area contributed by atoms with E-state index in [9.17, 15) is 13.2 Å². The zero-order valence-corrected chi connectivity index (χ0v) is 17.8. The van der Waals surface area contributed by atoms with E-state index in [0.717, 1.165) is 45.7 Å². The number of ether oxygens (including phenoxy) is 2. The Kier molecular flexibility index (Phi) is 7.88. The normalized spacial score (nSPS) is 19.8. The molecule has 2 fully saturated rings. The minimum atomic E-state index is -3.47. The van der Waals surface area contributed by atoms with Gasteiger partial charge in [0.05, 0.1) is 18.1 Å². The fourth-order valence-corrected chi connectivity index (χ4v) is 4.93. The highest BCUT2D eigenvalue weighted by Gasteiger charge is 2.27. The second kappa shape index (κ2) is 10.4. The molecule has 0 radical (unpaired) electrons. The summed E-state index contributed by atoms with van der Waals surface area (Å²) in [7, 11) is -3.47. The molecule has 1 amide bonds. The molecule has 0 spiro atoms. The van der Waals surface area contributed by atoms with Crippen LogP contribution in [0.25, 0.3) is 0 Å². The molecule has 2 heterocycles. The van der Waals surface area contributed by atoms with Crippen LogP contribution in [0.5, 0.6) is 5.75 Å². The number of sulfonamides is 1. The topological polar surface area (TPSA) is 88.2 Å². The van der Waals surface area contributed by atoms with Gasteiger partial charge in [-0.15, -0.1) is 0 Å². The Morgan fingerprint density at radius 2 is 1.79 bits per heavy atom. The van der Waals surface area contributed by atoms with Crippen molar-refractivity contribution < 1.29 is 22.7 Å².